The first-order chi connectivity index (χ1) is 25.3. The number of ether oxygens (including phenoxy) is 4. The molecule has 1 N–H and O–H groups in total. The Balaban J connectivity index is 1.84. The Hall–Kier alpha value is -3.76. The summed E-state index contributed by atoms with van der Waals surface area (Å²) in [7, 11) is 2.71. The minimum Gasteiger partial charge on any atom is -0.497 e. The van der Waals surface area contributed by atoms with Crippen LogP contribution in [0.4, 0.5) is 13.2 Å². The first kappa shape index (κ1) is 42.0. The molecule has 1 aliphatic rings. The van der Waals surface area contributed by atoms with Gasteiger partial charge in [0.1, 0.15) is 29.8 Å². The van der Waals surface area contributed by atoms with Crippen molar-refractivity contribution >= 4 is 14.4 Å². The molecule has 3 aromatic rings. The van der Waals surface area contributed by atoms with Crippen LogP contribution in [0.5, 0.6) is 11.5 Å². The highest BCUT2D eigenvalue weighted by molar-refractivity contribution is 7.44. The summed E-state index contributed by atoms with van der Waals surface area (Å²) in [6.45, 7) is 15.4. The molecule has 288 valence electrons. The number of hydrogen-bond donors (Lipinski definition) is 1. The third-order valence-electron chi connectivity index (χ3n) is 9.14. The SMILES string of the molecule is [C-]#[N+]CCOP(O[C@@H]1[C@@H](COC(c2ccccc2)(c2ccc(OC)cc2)c2ccc(OC)cc2)C[C@@H](NC(=O)C(F)(F)F)[C@@H]1OC)N(C(C)C)C(C)C. The van der Waals surface area contributed by atoms with E-state index in [0.717, 1.165) is 16.7 Å². The maximum Gasteiger partial charge on any atom is 0.471 e. The Bertz CT molecular complexity index is 1570. The number of carbonyl (C=O) groups excluding carboxylic acids is 1. The average Bonchev–Trinajstić information content (AvgIpc) is 3.47. The number of nitrogens with one attached hydrogen (secondary N) is 1. The highest BCUT2D eigenvalue weighted by Crippen LogP contribution is 2.51. The molecule has 1 fully saturated rings. The second-order valence-electron chi connectivity index (χ2n) is 13.2. The van der Waals surface area contributed by atoms with Crippen LogP contribution in [0.25, 0.3) is 4.85 Å². The maximum absolute atomic E-state index is 13.6. The fourth-order valence-electron chi connectivity index (χ4n) is 6.79. The van der Waals surface area contributed by atoms with Gasteiger partial charge in [-0.25, -0.2) is 11.2 Å². The van der Waals surface area contributed by atoms with Crippen LogP contribution >= 0.6 is 8.53 Å². The number of alkyl halides is 3. The Morgan fingerprint density at radius 3 is 1.85 bits per heavy atom. The molecular weight excluding hydrogens is 710 g/mol. The number of halogens is 3. The summed E-state index contributed by atoms with van der Waals surface area (Å²) >= 11 is 0. The van der Waals surface area contributed by atoms with E-state index in [9.17, 15) is 18.0 Å². The van der Waals surface area contributed by atoms with Crippen LogP contribution in [-0.2, 0) is 28.9 Å². The van der Waals surface area contributed by atoms with E-state index in [-0.39, 0.29) is 38.3 Å². The second kappa shape index (κ2) is 19.0. The van der Waals surface area contributed by atoms with Crippen molar-refractivity contribution in [3.05, 3.63) is 107 Å². The summed E-state index contributed by atoms with van der Waals surface area (Å²) in [4.78, 5) is 15.7. The zero-order valence-corrected chi connectivity index (χ0v) is 32.0. The Labute approximate surface area is 311 Å². The summed E-state index contributed by atoms with van der Waals surface area (Å²) in [6.07, 6.45) is -6.91. The topological polar surface area (TPSA) is 92.1 Å². The second-order valence-corrected chi connectivity index (χ2v) is 14.6. The molecule has 10 nitrogen and oxygen atoms in total. The molecule has 1 unspecified atom stereocenters. The van der Waals surface area contributed by atoms with Gasteiger partial charge in [-0.1, -0.05) is 54.6 Å². The summed E-state index contributed by atoms with van der Waals surface area (Å²) in [5, 5.41) is 2.16. The molecule has 3 aromatic carbocycles. The lowest BCUT2D eigenvalue weighted by Gasteiger charge is -2.40. The predicted octanol–water partition coefficient (Wildman–Crippen LogP) is 7.76. The van der Waals surface area contributed by atoms with E-state index < -0.39 is 50.4 Å². The minimum atomic E-state index is -5.10. The molecule has 0 aromatic heterocycles. The summed E-state index contributed by atoms with van der Waals surface area (Å²) in [5.74, 6) is -1.37. The van der Waals surface area contributed by atoms with Gasteiger partial charge in [0.2, 0.25) is 6.54 Å². The quantitative estimate of drug-likeness (QED) is 0.0610. The van der Waals surface area contributed by atoms with Crippen molar-refractivity contribution < 1.29 is 46.0 Å². The standard InChI is InChI=1S/C39H49F3N3O7P/c1-26(2)45(27(3)4)53(51-23-22-43-5)52-35-28(24-34(36(35)49-8)44-37(46)39(40,41)42)25-50-38(29-12-10-9-11-13-29,30-14-18-32(47-6)19-15-30)31-16-20-33(48-7)21-17-31/h9-21,26-28,34-36H,22-25H2,1-4,6-8H3,(H,44,46)/t28-,34-,35-,36+,53?/m1/s1. The van der Waals surface area contributed by atoms with Gasteiger partial charge in [-0.05, 0) is 75.1 Å². The number of benzene rings is 3. The van der Waals surface area contributed by atoms with Crippen LogP contribution in [0, 0.1) is 12.5 Å². The number of nitrogens with zero attached hydrogens (tertiary/aromatic N) is 2. The summed E-state index contributed by atoms with van der Waals surface area (Å²) < 4.78 is 79.7. The van der Waals surface area contributed by atoms with Crippen molar-refractivity contribution in [2.24, 2.45) is 5.92 Å². The lowest BCUT2D eigenvalue weighted by atomic mass is 9.79. The number of amides is 1. The molecule has 0 radical (unpaired) electrons. The minimum absolute atomic E-state index is 0.0234. The Morgan fingerprint density at radius 1 is 0.868 bits per heavy atom. The number of methoxy groups -OCH3 is 3. The summed E-state index contributed by atoms with van der Waals surface area (Å²) in [6, 6.07) is 23.5. The molecule has 4 rings (SSSR count). The van der Waals surface area contributed by atoms with E-state index in [4.69, 9.17) is 34.6 Å². The van der Waals surface area contributed by atoms with Gasteiger partial charge in [0.25, 0.3) is 8.53 Å². The molecule has 1 aliphatic carbocycles. The number of hydrogen-bond acceptors (Lipinski definition) is 8. The van der Waals surface area contributed by atoms with Crippen molar-refractivity contribution in [1.82, 2.24) is 9.99 Å². The van der Waals surface area contributed by atoms with E-state index in [1.165, 1.54) is 7.11 Å². The van der Waals surface area contributed by atoms with Gasteiger partial charge in [0, 0.05) is 25.1 Å². The lowest BCUT2D eigenvalue weighted by molar-refractivity contribution is -0.175. The van der Waals surface area contributed by atoms with Crippen molar-refractivity contribution in [2.45, 2.75) is 76.2 Å². The normalized spacial score (nSPS) is 19.7. The molecule has 5 atom stereocenters. The van der Waals surface area contributed by atoms with E-state index in [0.29, 0.717) is 11.5 Å². The first-order valence-corrected chi connectivity index (χ1v) is 18.5. The van der Waals surface area contributed by atoms with Crippen LogP contribution in [0.1, 0.15) is 50.8 Å². The fourth-order valence-corrected chi connectivity index (χ4v) is 8.59. The van der Waals surface area contributed by atoms with Crippen LogP contribution in [0.3, 0.4) is 0 Å². The maximum atomic E-state index is 13.6. The average molecular weight is 760 g/mol. The number of carbonyl (C=O) groups is 1. The van der Waals surface area contributed by atoms with E-state index in [2.05, 4.69) is 10.2 Å². The Morgan fingerprint density at radius 2 is 1.40 bits per heavy atom. The third kappa shape index (κ3) is 10.1. The van der Waals surface area contributed by atoms with E-state index in [1.807, 2.05) is 111 Å². The molecule has 1 saturated carbocycles. The molecule has 53 heavy (non-hydrogen) atoms. The highest BCUT2D eigenvalue weighted by atomic mass is 31.2. The fraction of sp³-hybridized carbons (Fsp3) is 0.487. The van der Waals surface area contributed by atoms with Gasteiger partial charge in [-0.2, -0.15) is 13.2 Å². The lowest BCUT2D eigenvalue weighted by Crippen LogP contribution is -2.49. The smallest absolute Gasteiger partial charge is 0.471 e. The number of rotatable bonds is 18. The van der Waals surface area contributed by atoms with Crippen molar-refractivity contribution in [1.29, 1.82) is 0 Å². The van der Waals surface area contributed by atoms with Gasteiger partial charge >= 0.3 is 12.1 Å². The molecule has 14 heteroatoms. The van der Waals surface area contributed by atoms with Crippen molar-refractivity contribution in [2.75, 3.05) is 41.1 Å². The molecule has 0 bridgehead atoms. The highest BCUT2D eigenvalue weighted by Gasteiger charge is 2.51. The summed E-state index contributed by atoms with van der Waals surface area (Å²) in [5.41, 5.74) is 1.11. The van der Waals surface area contributed by atoms with Crippen LogP contribution in [0.2, 0.25) is 0 Å². The van der Waals surface area contributed by atoms with Crippen molar-refractivity contribution in [3.63, 3.8) is 0 Å². The molecular formula is C39H49F3N3O7P. The predicted molar refractivity (Wildman–Crippen MR) is 196 cm³/mol. The van der Waals surface area contributed by atoms with Crippen LogP contribution < -0.4 is 14.8 Å². The monoisotopic (exact) mass is 759 g/mol. The molecule has 0 heterocycles. The molecule has 0 saturated heterocycles. The van der Waals surface area contributed by atoms with Crippen LogP contribution in [-0.4, -0.2) is 88.2 Å². The zero-order chi connectivity index (χ0) is 38.8. The van der Waals surface area contributed by atoms with Gasteiger partial charge in [0.05, 0.1) is 33.0 Å². The van der Waals surface area contributed by atoms with Gasteiger partial charge in [0.15, 0.2) is 0 Å². The van der Waals surface area contributed by atoms with Gasteiger partial charge in [-0.3, -0.25) is 4.79 Å². The van der Waals surface area contributed by atoms with Gasteiger partial charge < -0.3 is 38.2 Å². The van der Waals surface area contributed by atoms with Crippen molar-refractivity contribution in [3.8, 4) is 11.5 Å². The zero-order valence-electron chi connectivity index (χ0n) is 31.1. The molecule has 0 aliphatic heterocycles. The third-order valence-corrected chi connectivity index (χ3v) is 11.3. The van der Waals surface area contributed by atoms with E-state index in [1.54, 1.807) is 14.2 Å². The van der Waals surface area contributed by atoms with Crippen LogP contribution in [0.15, 0.2) is 78.9 Å². The first-order valence-electron chi connectivity index (χ1n) is 17.4. The Kier molecular flexibility index (Phi) is 15.1. The van der Waals surface area contributed by atoms with E-state index >= 15 is 0 Å². The molecule has 1 amide bonds. The molecule has 0 spiro atoms. The largest absolute Gasteiger partial charge is 0.497 e. The van der Waals surface area contributed by atoms with Gasteiger partial charge in [-0.15, -0.1) is 0 Å².